The zero-order valence-corrected chi connectivity index (χ0v) is 11.1. The molecule has 1 amide bonds. The summed E-state index contributed by atoms with van der Waals surface area (Å²) in [6, 6.07) is 4.20. The van der Waals surface area contributed by atoms with E-state index in [1.807, 2.05) is 0 Å². The number of carboxylic acids is 1. The molecule has 1 fully saturated rings. The van der Waals surface area contributed by atoms with Crippen LogP contribution in [0, 0.1) is 0 Å². The van der Waals surface area contributed by atoms with Gasteiger partial charge in [-0.1, -0.05) is 6.07 Å². The number of carboxylic acid groups (broad SMARTS) is 1. The average Bonchev–Trinajstić information content (AvgIpc) is 2.97. The number of fused-ring (bicyclic) bond motifs is 1. The summed E-state index contributed by atoms with van der Waals surface area (Å²) in [4.78, 5) is 41.2. The maximum Gasteiger partial charge on any atom is 0.326 e. The van der Waals surface area contributed by atoms with Crippen LogP contribution in [0.3, 0.4) is 0 Å². The second-order valence-electron chi connectivity index (χ2n) is 4.90. The van der Waals surface area contributed by atoms with Crippen LogP contribution in [0.2, 0.25) is 0 Å². The lowest BCUT2D eigenvalue weighted by atomic mass is 10.2. The molecule has 7 nitrogen and oxygen atoms in total. The third kappa shape index (κ3) is 2.16. The van der Waals surface area contributed by atoms with E-state index in [4.69, 9.17) is 5.11 Å². The van der Waals surface area contributed by atoms with Crippen molar-refractivity contribution in [2.75, 3.05) is 6.54 Å². The van der Waals surface area contributed by atoms with Crippen LogP contribution in [-0.2, 0) is 4.79 Å². The number of carbonyl (C=O) groups excluding carboxylic acids is 1. The fourth-order valence-corrected chi connectivity index (χ4v) is 2.59. The van der Waals surface area contributed by atoms with Gasteiger partial charge in [0.2, 0.25) is 0 Å². The van der Waals surface area contributed by atoms with Crippen molar-refractivity contribution in [2.24, 2.45) is 0 Å². The Morgan fingerprint density at radius 1 is 1.33 bits per heavy atom. The van der Waals surface area contributed by atoms with E-state index in [-0.39, 0.29) is 5.56 Å². The molecule has 21 heavy (non-hydrogen) atoms. The number of amides is 1. The van der Waals surface area contributed by atoms with Gasteiger partial charge in [0, 0.05) is 18.9 Å². The minimum absolute atomic E-state index is 0.105. The van der Waals surface area contributed by atoms with Gasteiger partial charge < -0.3 is 10.0 Å². The molecule has 3 rings (SSSR count). The van der Waals surface area contributed by atoms with E-state index in [1.165, 1.54) is 21.7 Å². The third-order valence-corrected chi connectivity index (χ3v) is 3.64. The first-order chi connectivity index (χ1) is 10.1. The number of rotatable bonds is 2. The van der Waals surface area contributed by atoms with Gasteiger partial charge in [-0.25, -0.2) is 9.78 Å². The lowest BCUT2D eigenvalue weighted by molar-refractivity contribution is -0.141. The van der Waals surface area contributed by atoms with Crippen LogP contribution in [0.15, 0.2) is 35.4 Å². The van der Waals surface area contributed by atoms with Crippen LogP contribution < -0.4 is 5.56 Å². The Morgan fingerprint density at radius 3 is 2.90 bits per heavy atom. The number of hydrogen-bond acceptors (Lipinski definition) is 4. The smallest absolute Gasteiger partial charge is 0.326 e. The number of aromatic nitrogens is 2. The molecule has 1 atom stereocenters. The van der Waals surface area contributed by atoms with Crippen molar-refractivity contribution in [3.05, 3.63) is 46.5 Å². The normalized spacial score (nSPS) is 18.1. The van der Waals surface area contributed by atoms with Gasteiger partial charge >= 0.3 is 5.97 Å². The minimum Gasteiger partial charge on any atom is -0.480 e. The van der Waals surface area contributed by atoms with E-state index in [9.17, 15) is 14.4 Å². The Balaban J connectivity index is 2.04. The lowest BCUT2D eigenvalue weighted by Crippen LogP contribution is -2.42. The summed E-state index contributed by atoms with van der Waals surface area (Å²) in [5.41, 5.74) is -0.149. The summed E-state index contributed by atoms with van der Waals surface area (Å²) in [5.74, 6) is -1.62. The fourth-order valence-electron chi connectivity index (χ4n) is 2.59. The van der Waals surface area contributed by atoms with Gasteiger partial charge in [0.15, 0.2) is 0 Å². The molecule has 2 aromatic rings. The van der Waals surface area contributed by atoms with Crippen LogP contribution in [0.1, 0.15) is 23.2 Å². The van der Waals surface area contributed by atoms with Gasteiger partial charge in [-0.2, -0.15) is 0 Å². The third-order valence-electron chi connectivity index (χ3n) is 3.64. The van der Waals surface area contributed by atoms with E-state index < -0.39 is 23.5 Å². The predicted octanol–water partition coefficient (Wildman–Crippen LogP) is 0.384. The van der Waals surface area contributed by atoms with Crippen molar-refractivity contribution in [3.63, 3.8) is 0 Å². The monoisotopic (exact) mass is 287 g/mol. The number of carbonyl (C=O) groups is 2. The van der Waals surface area contributed by atoms with Crippen molar-refractivity contribution < 1.29 is 14.7 Å². The van der Waals surface area contributed by atoms with Crippen molar-refractivity contribution in [3.8, 4) is 0 Å². The highest BCUT2D eigenvalue weighted by Crippen LogP contribution is 2.19. The van der Waals surface area contributed by atoms with Gasteiger partial charge in [-0.15, -0.1) is 0 Å². The maximum absolute atomic E-state index is 12.4. The molecule has 0 bridgehead atoms. The molecule has 3 heterocycles. The molecule has 7 heteroatoms. The molecule has 1 unspecified atom stereocenters. The summed E-state index contributed by atoms with van der Waals surface area (Å²) in [6.45, 7) is 0.340. The SMILES string of the molecule is O=C(O)C1CCCN1C(=O)c1cnc2ccccn2c1=O. The first kappa shape index (κ1) is 13.3. The molecule has 0 radical (unpaired) electrons. The predicted molar refractivity (Wildman–Crippen MR) is 73.2 cm³/mol. The number of likely N-dealkylation sites (tertiary alicyclic amines) is 1. The van der Waals surface area contributed by atoms with E-state index in [0.29, 0.717) is 25.0 Å². The van der Waals surface area contributed by atoms with Crippen LogP contribution in [0.25, 0.3) is 5.65 Å². The molecule has 108 valence electrons. The lowest BCUT2D eigenvalue weighted by Gasteiger charge is -2.20. The highest BCUT2D eigenvalue weighted by Gasteiger charge is 2.35. The summed E-state index contributed by atoms with van der Waals surface area (Å²) in [6.07, 6.45) is 3.77. The van der Waals surface area contributed by atoms with Gasteiger partial charge in [-0.3, -0.25) is 14.0 Å². The average molecular weight is 287 g/mol. The van der Waals surface area contributed by atoms with Gasteiger partial charge in [0.1, 0.15) is 17.3 Å². The van der Waals surface area contributed by atoms with Crippen LogP contribution in [0.5, 0.6) is 0 Å². The van der Waals surface area contributed by atoms with Crippen molar-refractivity contribution in [1.29, 1.82) is 0 Å². The first-order valence-electron chi connectivity index (χ1n) is 6.60. The summed E-state index contributed by atoms with van der Waals surface area (Å²) in [7, 11) is 0. The van der Waals surface area contributed by atoms with Gasteiger partial charge in [0.25, 0.3) is 11.5 Å². The van der Waals surface area contributed by atoms with E-state index in [1.54, 1.807) is 18.2 Å². The number of aliphatic carboxylic acids is 1. The quantitative estimate of drug-likeness (QED) is 0.862. The van der Waals surface area contributed by atoms with Crippen molar-refractivity contribution in [1.82, 2.24) is 14.3 Å². The largest absolute Gasteiger partial charge is 0.480 e. The topological polar surface area (TPSA) is 92.0 Å². The highest BCUT2D eigenvalue weighted by molar-refractivity contribution is 5.96. The van der Waals surface area contributed by atoms with Crippen molar-refractivity contribution in [2.45, 2.75) is 18.9 Å². The van der Waals surface area contributed by atoms with Gasteiger partial charge in [0.05, 0.1) is 0 Å². The second kappa shape index (κ2) is 5.01. The fraction of sp³-hybridized carbons (Fsp3) is 0.286. The summed E-state index contributed by atoms with van der Waals surface area (Å²) >= 11 is 0. The van der Waals surface area contributed by atoms with E-state index in [2.05, 4.69) is 4.98 Å². The van der Waals surface area contributed by atoms with E-state index >= 15 is 0 Å². The summed E-state index contributed by atoms with van der Waals surface area (Å²) < 4.78 is 1.28. The number of nitrogens with zero attached hydrogens (tertiary/aromatic N) is 3. The zero-order chi connectivity index (χ0) is 15.0. The molecule has 1 aliphatic rings. The van der Waals surface area contributed by atoms with Crippen LogP contribution >= 0.6 is 0 Å². The highest BCUT2D eigenvalue weighted by atomic mass is 16.4. The first-order valence-corrected chi connectivity index (χ1v) is 6.60. The van der Waals surface area contributed by atoms with E-state index in [0.717, 1.165) is 0 Å². The van der Waals surface area contributed by atoms with Crippen molar-refractivity contribution >= 4 is 17.5 Å². The van der Waals surface area contributed by atoms with Crippen LogP contribution in [0.4, 0.5) is 0 Å². The molecule has 0 saturated carbocycles. The maximum atomic E-state index is 12.4. The Labute approximate surface area is 119 Å². The molecule has 1 N–H and O–H groups in total. The molecule has 0 spiro atoms. The molecular formula is C14H13N3O4. The van der Waals surface area contributed by atoms with Crippen LogP contribution in [-0.4, -0.2) is 43.9 Å². The number of hydrogen-bond donors (Lipinski definition) is 1. The molecule has 1 saturated heterocycles. The minimum atomic E-state index is -1.05. The molecule has 1 aliphatic heterocycles. The Bertz CT molecular complexity index is 783. The summed E-state index contributed by atoms with van der Waals surface area (Å²) in [5, 5.41) is 9.13. The number of pyridine rings is 1. The molecule has 2 aromatic heterocycles. The Morgan fingerprint density at radius 2 is 2.14 bits per heavy atom. The molecular weight excluding hydrogens is 274 g/mol. The Hall–Kier alpha value is -2.70. The van der Waals surface area contributed by atoms with Gasteiger partial charge in [-0.05, 0) is 25.0 Å². The molecule has 0 aliphatic carbocycles. The second-order valence-corrected chi connectivity index (χ2v) is 4.90. The standard InChI is InChI=1S/C14H13N3O4/c18-12(16-7-3-4-10(16)14(20)21)9-8-15-11-5-1-2-6-17(11)13(9)19/h1-2,5-6,8,10H,3-4,7H2,(H,20,21). The zero-order valence-electron chi connectivity index (χ0n) is 11.1. The molecule has 0 aromatic carbocycles. The Kier molecular flexibility index (Phi) is 3.17.